The number of benzene rings is 1. The molecule has 0 radical (unpaired) electrons. The number of nitrogens with one attached hydrogen (secondary N) is 1. The zero-order valence-corrected chi connectivity index (χ0v) is 18.5. The second-order valence-corrected chi connectivity index (χ2v) is 8.83. The predicted molar refractivity (Wildman–Crippen MR) is 118 cm³/mol. The molecule has 9 heteroatoms. The first kappa shape index (κ1) is 22.0. The van der Waals surface area contributed by atoms with Crippen LogP contribution in [0, 0.1) is 0 Å². The molecule has 0 unspecified atom stereocenters. The Morgan fingerprint density at radius 2 is 1.67 bits per heavy atom. The third-order valence-electron chi connectivity index (χ3n) is 5.12. The van der Waals surface area contributed by atoms with Gasteiger partial charge in [-0.25, -0.2) is 9.97 Å². The van der Waals surface area contributed by atoms with E-state index in [1.807, 2.05) is 24.1 Å². The summed E-state index contributed by atoms with van der Waals surface area (Å²) in [5, 5.41) is 2.76. The van der Waals surface area contributed by atoms with Crippen LogP contribution in [0.25, 0.3) is 0 Å². The molecule has 8 nitrogen and oxygen atoms in total. The van der Waals surface area contributed by atoms with Crippen LogP contribution < -0.4 is 16.0 Å². The molecule has 0 aliphatic carbocycles. The van der Waals surface area contributed by atoms with Gasteiger partial charge in [0.25, 0.3) is 11.8 Å². The normalized spacial score (nSPS) is 15.2. The number of hydrogen-bond donors (Lipinski definition) is 2. The molecule has 1 aromatic carbocycles. The molecule has 0 atom stereocenters. The summed E-state index contributed by atoms with van der Waals surface area (Å²) < 4.78 is 0. The van der Waals surface area contributed by atoms with Gasteiger partial charge in [-0.15, -0.1) is 0 Å². The van der Waals surface area contributed by atoms with Gasteiger partial charge in [0.15, 0.2) is 22.5 Å². The molecule has 1 aromatic heterocycles. The van der Waals surface area contributed by atoms with Crippen molar-refractivity contribution in [1.29, 1.82) is 0 Å². The Morgan fingerprint density at radius 1 is 1.07 bits per heavy atom. The fourth-order valence-electron chi connectivity index (χ4n) is 3.19. The van der Waals surface area contributed by atoms with Gasteiger partial charge in [0.2, 0.25) is 0 Å². The van der Waals surface area contributed by atoms with E-state index in [0.29, 0.717) is 24.5 Å². The number of hydrogen-bond acceptors (Lipinski definition) is 6. The number of rotatable bonds is 4. The lowest BCUT2D eigenvalue weighted by Crippen LogP contribution is -2.45. The third-order valence-corrected chi connectivity index (χ3v) is 5.37. The minimum atomic E-state index is -0.812. The fraction of sp³-hybridized carbons (Fsp3) is 0.429. The first-order chi connectivity index (χ1) is 14.1. The van der Waals surface area contributed by atoms with Crippen molar-refractivity contribution in [3.8, 4) is 0 Å². The summed E-state index contributed by atoms with van der Waals surface area (Å²) in [6.45, 7) is 9.42. The molecule has 3 N–H and O–H groups in total. The molecular formula is C21H27ClN6O2. The number of halogens is 1. The molecule has 1 fully saturated rings. The Kier molecular flexibility index (Phi) is 6.28. The van der Waals surface area contributed by atoms with Crippen LogP contribution in [0.1, 0.15) is 47.2 Å². The summed E-state index contributed by atoms with van der Waals surface area (Å²) in [7, 11) is 2.04. The summed E-state index contributed by atoms with van der Waals surface area (Å²) in [4.78, 5) is 37.4. The second kappa shape index (κ2) is 8.57. The van der Waals surface area contributed by atoms with Crippen molar-refractivity contribution in [2.45, 2.75) is 26.2 Å². The van der Waals surface area contributed by atoms with Crippen molar-refractivity contribution in [3.05, 3.63) is 46.2 Å². The maximum Gasteiger partial charge on any atom is 0.271 e. The summed E-state index contributed by atoms with van der Waals surface area (Å²) in [6, 6.07) is 7.30. The Labute approximate surface area is 181 Å². The van der Waals surface area contributed by atoms with Gasteiger partial charge in [0.1, 0.15) is 0 Å². The van der Waals surface area contributed by atoms with Gasteiger partial charge < -0.3 is 20.9 Å². The lowest BCUT2D eigenvalue weighted by atomic mass is 9.87. The van der Waals surface area contributed by atoms with Gasteiger partial charge >= 0.3 is 0 Å². The molecule has 160 valence electrons. The molecule has 1 aliphatic rings. The van der Waals surface area contributed by atoms with Crippen LogP contribution in [0.5, 0.6) is 0 Å². The van der Waals surface area contributed by atoms with E-state index < -0.39 is 11.8 Å². The van der Waals surface area contributed by atoms with Crippen LogP contribution in [0.3, 0.4) is 0 Å². The van der Waals surface area contributed by atoms with Crippen LogP contribution in [0.2, 0.25) is 5.15 Å². The smallest absolute Gasteiger partial charge is 0.271 e. The van der Waals surface area contributed by atoms with E-state index >= 15 is 0 Å². The zero-order valence-electron chi connectivity index (χ0n) is 17.7. The largest absolute Gasteiger partial charge is 0.364 e. The molecule has 0 spiro atoms. The quantitative estimate of drug-likeness (QED) is 0.772. The number of anilines is 2. The van der Waals surface area contributed by atoms with Gasteiger partial charge in [-0.3, -0.25) is 9.59 Å². The standard InChI is InChI=1S/C21H27ClN6O2/c1-21(2,3)14-7-5-13(6-8-14)20(30)26-18-15(17(23)29)24-16(22)19(25-18)28-11-9-27(4)10-12-28/h5-8H,9-12H2,1-4H3,(H2,23,29)(H,25,26,30). The lowest BCUT2D eigenvalue weighted by molar-refractivity contribution is 0.0996. The Balaban J connectivity index is 1.89. The third kappa shape index (κ3) is 4.88. The monoisotopic (exact) mass is 430 g/mol. The van der Waals surface area contributed by atoms with Crippen molar-refractivity contribution < 1.29 is 9.59 Å². The SMILES string of the molecule is CN1CCN(c2nc(NC(=O)c3ccc(C(C)(C)C)cc3)c(C(N)=O)nc2Cl)CC1. The molecule has 1 aliphatic heterocycles. The number of nitrogens with two attached hydrogens (primary N) is 1. The number of nitrogens with zero attached hydrogens (tertiary/aromatic N) is 4. The number of likely N-dealkylation sites (N-methyl/N-ethyl adjacent to an activating group) is 1. The van der Waals surface area contributed by atoms with Crippen molar-refractivity contribution in [3.63, 3.8) is 0 Å². The van der Waals surface area contributed by atoms with E-state index in [1.165, 1.54) is 0 Å². The predicted octanol–water partition coefficient (Wildman–Crippen LogP) is 2.53. The van der Waals surface area contributed by atoms with E-state index in [-0.39, 0.29) is 22.1 Å². The number of aromatic nitrogens is 2. The van der Waals surface area contributed by atoms with E-state index in [4.69, 9.17) is 17.3 Å². The molecule has 2 aromatic rings. The van der Waals surface area contributed by atoms with Gasteiger partial charge in [0, 0.05) is 31.7 Å². The zero-order chi connectivity index (χ0) is 22.1. The van der Waals surface area contributed by atoms with Crippen LogP contribution in [0.15, 0.2) is 24.3 Å². The molecular weight excluding hydrogens is 404 g/mol. The molecule has 0 saturated carbocycles. The lowest BCUT2D eigenvalue weighted by Gasteiger charge is -2.33. The second-order valence-electron chi connectivity index (χ2n) is 8.47. The highest BCUT2D eigenvalue weighted by atomic mass is 35.5. The van der Waals surface area contributed by atoms with Crippen molar-refractivity contribution in [2.24, 2.45) is 5.73 Å². The van der Waals surface area contributed by atoms with Crippen LogP contribution in [-0.4, -0.2) is 59.9 Å². The average molecular weight is 431 g/mol. The molecule has 2 heterocycles. The molecule has 2 amide bonds. The summed E-state index contributed by atoms with van der Waals surface area (Å²) in [6.07, 6.45) is 0. The highest BCUT2D eigenvalue weighted by molar-refractivity contribution is 6.32. The van der Waals surface area contributed by atoms with Gasteiger partial charge in [-0.2, -0.15) is 0 Å². The van der Waals surface area contributed by atoms with Crippen molar-refractivity contribution >= 4 is 35.1 Å². The minimum Gasteiger partial charge on any atom is -0.364 e. The molecule has 3 rings (SSSR count). The average Bonchev–Trinajstić information content (AvgIpc) is 2.69. The molecule has 30 heavy (non-hydrogen) atoms. The Morgan fingerprint density at radius 3 is 2.20 bits per heavy atom. The Hall–Kier alpha value is -2.71. The molecule has 0 bridgehead atoms. The van der Waals surface area contributed by atoms with Crippen LogP contribution in [0.4, 0.5) is 11.6 Å². The van der Waals surface area contributed by atoms with E-state index in [9.17, 15) is 9.59 Å². The van der Waals surface area contributed by atoms with Gasteiger partial charge in [0.05, 0.1) is 0 Å². The van der Waals surface area contributed by atoms with E-state index in [2.05, 4.69) is 41.0 Å². The Bertz CT molecular complexity index is 947. The molecule has 1 saturated heterocycles. The first-order valence-electron chi connectivity index (χ1n) is 9.79. The van der Waals surface area contributed by atoms with Crippen molar-refractivity contribution in [1.82, 2.24) is 14.9 Å². The van der Waals surface area contributed by atoms with Gasteiger partial charge in [-0.1, -0.05) is 44.5 Å². The number of primary amides is 1. The fourth-order valence-corrected chi connectivity index (χ4v) is 3.43. The number of carbonyl (C=O) groups excluding carboxylic acids is 2. The number of carbonyl (C=O) groups is 2. The number of piperazine rings is 1. The summed E-state index contributed by atoms with van der Waals surface area (Å²) >= 11 is 6.28. The highest BCUT2D eigenvalue weighted by Crippen LogP contribution is 2.27. The first-order valence-corrected chi connectivity index (χ1v) is 10.2. The topological polar surface area (TPSA) is 104 Å². The van der Waals surface area contributed by atoms with E-state index in [1.54, 1.807) is 12.1 Å². The summed E-state index contributed by atoms with van der Waals surface area (Å²) in [5.74, 6) is -0.787. The number of amides is 2. The van der Waals surface area contributed by atoms with Crippen LogP contribution in [-0.2, 0) is 5.41 Å². The van der Waals surface area contributed by atoms with Crippen LogP contribution >= 0.6 is 11.6 Å². The maximum atomic E-state index is 12.8. The van der Waals surface area contributed by atoms with Crippen molar-refractivity contribution in [2.75, 3.05) is 43.4 Å². The van der Waals surface area contributed by atoms with E-state index in [0.717, 1.165) is 18.7 Å². The maximum absolute atomic E-state index is 12.8. The van der Waals surface area contributed by atoms with Gasteiger partial charge in [-0.05, 0) is 30.2 Å². The highest BCUT2D eigenvalue weighted by Gasteiger charge is 2.24. The summed E-state index contributed by atoms with van der Waals surface area (Å²) in [5.41, 5.74) is 6.80. The minimum absolute atomic E-state index is 0.00530.